The molecule has 0 saturated heterocycles. The van der Waals surface area contributed by atoms with E-state index in [0.717, 1.165) is 5.76 Å². The molecule has 1 unspecified atom stereocenters. The van der Waals surface area contributed by atoms with Gasteiger partial charge < -0.3 is 4.43 Å². The van der Waals surface area contributed by atoms with Crippen molar-refractivity contribution in [3.05, 3.63) is 42.0 Å². The van der Waals surface area contributed by atoms with Crippen LogP contribution in [0.3, 0.4) is 0 Å². The van der Waals surface area contributed by atoms with E-state index in [2.05, 4.69) is 50.4 Å². The van der Waals surface area contributed by atoms with Crippen LogP contribution in [0.5, 0.6) is 0 Å². The molecule has 1 aromatic rings. The van der Waals surface area contributed by atoms with Crippen molar-refractivity contribution in [1.29, 1.82) is 0 Å². The Morgan fingerprint density at radius 2 is 1.87 bits per heavy atom. The highest BCUT2D eigenvalue weighted by atomic mass is 28.4. The van der Waals surface area contributed by atoms with Gasteiger partial charge in [-0.3, -0.25) is 0 Å². The number of rotatable bonds is 1. The van der Waals surface area contributed by atoms with Crippen LogP contribution in [-0.4, -0.2) is 8.32 Å². The van der Waals surface area contributed by atoms with E-state index in [9.17, 15) is 0 Å². The second kappa shape index (κ2) is 3.85. The summed E-state index contributed by atoms with van der Waals surface area (Å²) in [5.74, 6) is 1.74. The first-order valence-corrected chi connectivity index (χ1v) is 8.65. The largest absolute Gasteiger partial charge is 0.544 e. The molecule has 0 bridgehead atoms. The van der Waals surface area contributed by atoms with Crippen LogP contribution in [0.2, 0.25) is 19.1 Å². The van der Waals surface area contributed by atoms with E-state index in [1.165, 1.54) is 11.6 Å². The van der Waals surface area contributed by atoms with Crippen molar-refractivity contribution in [1.82, 2.24) is 0 Å². The summed E-state index contributed by atoms with van der Waals surface area (Å²) in [5.41, 5.74) is 1.21. The lowest BCUT2D eigenvalue weighted by Crippen LogP contribution is -2.34. The fraction of sp³-hybridized carbons (Fsp3) is 0.385. The predicted molar refractivity (Wildman–Crippen MR) is 67.0 cm³/mol. The van der Waals surface area contributed by atoms with E-state index in [0.29, 0.717) is 5.92 Å². The molecule has 1 heterocycles. The molecule has 80 valence electrons. The molecule has 0 aromatic heterocycles. The maximum Gasteiger partial charge on any atom is 0.245 e. The smallest absolute Gasteiger partial charge is 0.245 e. The topological polar surface area (TPSA) is 9.23 Å². The van der Waals surface area contributed by atoms with Crippen LogP contribution in [0.25, 0.3) is 5.76 Å². The molecule has 0 spiro atoms. The van der Waals surface area contributed by atoms with Gasteiger partial charge in [-0.2, -0.15) is 0 Å². The van der Waals surface area contributed by atoms with Gasteiger partial charge in [-0.25, -0.2) is 0 Å². The quantitative estimate of drug-likeness (QED) is 0.650. The zero-order valence-corrected chi connectivity index (χ0v) is 10.7. The van der Waals surface area contributed by atoms with Gasteiger partial charge in [0.2, 0.25) is 8.32 Å². The molecule has 0 aliphatic carbocycles. The van der Waals surface area contributed by atoms with E-state index < -0.39 is 8.32 Å². The highest BCUT2D eigenvalue weighted by Gasteiger charge is 2.31. The van der Waals surface area contributed by atoms with Crippen LogP contribution in [0, 0.1) is 5.92 Å². The zero-order valence-electron chi connectivity index (χ0n) is 9.66. The highest BCUT2D eigenvalue weighted by Crippen LogP contribution is 2.32. The van der Waals surface area contributed by atoms with E-state index in [1.807, 2.05) is 6.07 Å². The average molecular weight is 218 g/mol. The first-order chi connectivity index (χ1) is 7.07. The van der Waals surface area contributed by atoms with Crippen LogP contribution in [0.4, 0.5) is 0 Å². The molecule has 2 heteroatoms. The molecule has 2 rings (SSSR count). The van der Waals surface area contributed by atoms with Crippen molar-refractivity contribution in [2.24, 2.45) is 5.92 Å². The standard InChI is InChI=1S/C13H18OSi/c1-11-9-13(14-15(2,3)10-11)12-7-5-4-6-8-12/h4-9,11H,10H2,1-3H3. The number of benzene rings is 1. The summed E-state index contributed by atoms with van der Waals surface area (Å²) in [6, 6.07) is 11.6. The Morgan fingerprint density at radius 1 is 1.20 bits per heavy atom. The molecular formula is C13H18OSi. The minimum Gasteiger partial charge on any atom is -0.544 e. The third kappa shape index (κ3) is 2.51. The number of hydrogen-bond donors (Lipinski definition) is 0. The van der Waals surface area contributed by atoms with Crippen molar-refractivity contribution >= 4 is 14.1 Å². The van der Waals surface area contributed by atoms with Crippen molar-refractivity contribution < 1.29 is 4.43 Å². The normalized spacial score (nSPS) is 24.2. The predicted octanol–water partition coefficient (Wildman–Crippen LogP) is 3.90. The summed E-state index contributed by atoms with van der Waals surface area (Å²) in [6.45, 7) is 6.86. The van der Waals surface area contributed by atoms with Crippen LogP contribution < -0.4 is 0 Å². The third-order valence-corrected chi connectivity index (χ3v) is 5.09. The summed E-state index contributed by atoms with van der Waals surface area (Å²) in [4.78, 5) is 0. The molecule has 0 amide bonds. The van der Waals surface area contributed by atoms with Crippen molar-refractivity contribution in [2.75, 3.05) is 0 Å². The van der Waals surface area contributed by atoms with Gasteiger partial charge in [-0.15, -0.1) is 0 Å². The highest BCUT2D eigenvalue weighted by molar-refractivity contribution is 6.72. The Labute approximate surface area is 92.9 Å². The number of hydrogen-bond acceptors (Lipinski definition) is 1. The van der Waals surface area contributed by atoms with Gasteiger partial charge in [0.1, 0.15) is 5.76 Å². The first-order valence-electron chi connectivity index (χ1n) is 5.53. The summed E-state index contributed by atoms with van der Waals surface area (Å²) >= 11 is 0. The van der Waals surface area contributed by atoms with Crippen LogP contribution >= 0.6 is 0 Å². The molecule has 0 fully saturated rings. The van der Waals surface area contributed by atoms with Crippen LogP contribution in [-0.2, 0) is 4.43 Å². The van der Waals surface area contributed by atoms with Gasteiger partial charge >= 0.3 is 0 Å². The SMILES string of the molecule is CC1C=C(c2ccccc2)O[Si](C)(C)C1. The summed E-state index contributed by atoms with van der Waals surface area (Å²) < 4.78 is 6.13. The molecular weight excluding hydrogens is 200 g/mol. The van der Waals surface area contributed by atoms with Crippen LogP contribution in [0.15, 0.2) is 36.4 Å². The van der Waals surface area contributed by atoms with Gasteiger partial charge in [0.25, 0.3) is 0 Å². The average Bonchev–Trinajstić information content (AvgIpc) is 2.16. The molecule has 0 N–H and O–H groups in total. The molecule has 1 aromatic carbocycles. The first kappa shape index (κ1) is 10.5. The summed E-state index contributed by atoms with van der Waals surface area (Å²) in [7, 11) is -1.47. The number of allylic oxidation sites excluding steroid dienone is 1. The fourth-order valence-electron chi connectivity index (χ4n) is 2.22. The Morgan fingerprint density at radius 3 is 2.47 bits per heavy atom. The Bertz CT molecular complexity index is 367. The summed E-state index contributed by atoms with van der Waals surface area (Å²) in [6.07, 6.45) is 2.26. The van der Waals surface area contributed by atoms with Crippen LogP contribution in [0.1, 0.15) is 12.5 Å². The monoisotopic (exact) mass is 218 g/mol. The molecule has 1 aliphatic heterocycles. The Kier molecular flexibility index (Phi) is 2.70. The molecule has 1 nitrogen and oxygen atoms in total. The van der Waals surface area contributed by atoms with Crippen molar-refractivity contribution in [2.45, 2.75) is 26.1 Å². The molecule has 1 aliphatic rings. The molecule has 15 heavy (non-hydrogen) atoms. The fourth-order valence-corrected chi connectivity index (χ4v) is 4.76. The molecule has 0 saturated carbocycles. The van der Waals surface area contributed by atoms with Gasteiger partial charge in [-0.1, -0.05) is 37.3 Å². The maximum absolute atomic E-state index is 6.13. The van der Waals surface area contributed by atoms with Crippen molar-refractivity contribution in [3.63, 3.8) is 0 Å². The lowest BCUT2D eigenvalue weighted by molar-refractivity contribution is 0.471. The Hall–Kier alpha value is -1.02. The molecule has 1 atom stereocenters. The van der Waals surface area contributed by atoms with Gasteiger partial charge in [0, 0.05) is 5.56 Å². The van der Waals surface area contributed by atoms with E-state index in [-0.39, 0.29) is 0 Å². The minimum atomic E-state index is -1.47. The minimum absolute atomic E-state index is 0.649. The van der Waals surface area contributed by atoms with Gasteiger partial charge in [-0.05, 0) is 31.1 Å². The van der Waals surface area contributed by atoms with E-state index in [1.54, 1.807) is 0 Å². The maximum atomic E-state index is 6.13. The Balaban J connectivity index is 2.30. The summed E-state index contributed by atoms with van der Waals surface area (Å²) in [5, 5.41) is 0. The van der Waals surface area contributed by atoms with E-state index in [4.69, 9.17) is 4.43 Å². The second-order valence-electron chi connectivity index (χ2n) is 4.94. The van der Waals surface area contributed by atoms with Gasteiger partial charge in [0.15, 0.2) is 0 Å². The van der Waals surface area contributed by atoms with Crippen molar-refractivity contribution in [3.8, 4) is 0 Å². The lowest BCUT2D eigenvalue weighted by Gasteiger charge is -2.32. The lowest BCUT2D eigenvalue weighted by atomic mass is 10.1. The van der Waals surface area contributed by atoms with E-state index >= 15 is 0 Å². The zero-order chi connectivity index (χ0) is 10.9. The molecule has 0 radical (unpaired) electrons. The second-order valence-corrected chi connectivity index (χ2v) is 9.07. The van der Waals surface area contributed by atoms with Gasteiger partial charge in [0.05, 0.1) is 0 Å². The third-order valence-electron chi connectivity index (χ3n) is 2.69.